The van der Waals surface area contributed by atoms with E-state index in [-0.39, 0.29) is 23.4 Å². The Balaban J connectivity index is 1.67. The summed E-state index contributed by atoms with van der Waals surface area (Å²) in [5.41, 5.74) is 1.94. The van der Waals surface area contributed by atoms with Crippen LogP contribution in [0.1, 0.15) is 57.1 Å². The molecule has 0 heterocycles. The van der Waals surface area contributed by atoms with Crippen LogP contribution < -0.4 is 14.4 Å². The number of nitrogens with zero attached hydrogens (tertiary/aromatic N) is 2. The van der Waals surface area contributed by atoms with Crippen LogP contribution in [0.25, 0.3) is 0 Å². The van der Waals surface area contributed by atoms with Crippen molar-refractivity contribution < 1.29 is 22.7 Å². The molecule has 1 fully saturated rings. The highest BCUT2D eigenvalue weighted by atomic mass is 35.5. The summed E-state index contributed by atoms with van der Waals surface area (Å²) in [5, 5.41) is 3.56. The monoisotopic (exact) mass is 625 g/mol. The summed E-state index contributed by atoms with van der Waals surface area (Å²) < 4.78 is 34.6. The number of ether oxygens (including phenoxy) is 1. The lowest BCUT2D eigenvalue weighted by Gasteiger charge is -2.33. The first-order valence-electron chi connectivity index (χ1n) is 14.8. The normalized spacial score (nSPS) is 14.5. The highest BCUT2D eigenvalue weighted by molar-refractivity contribution is 7.92. The second-order valence-corrected chi connectivity index (χ2v) is 13.2. The number of halogens is 1. The molecule has 0 saturated heterocycles. The third kappa shape index (κ3) is 8.30. The molecule has 0 aliphatic heterocycles. The van der Waals surface area contributed by atoms with Crippen molar-refractivity contribution >= 4 is 39.1 Å². The Kier molecular flexibility index (Phi) is 11.1. The van der Waals surface area contributed by atoms with Gasteiger partial charge in [0.1, 0.15) is 18.3 Å². The molecule has 2 amide bonds. The molecule has 3 aromatic rings. The Morgan fingerprint density at radius 1 is 0.977 bits per heavy atom. The molecule has 1 unspecified atom stereocenters. The lowest BCUT2D eigenvalue weighted by Crippen LogP contribution is -2.53. The summed E-state index contributed by atoms with van der Waals surface area (Å²) in [7, 11) is -4.17. The van der Waals surface area contributed by atoms with Gasteiger partial charge in [0.15, 0.2) is 0 Å². The van der Waals surface area contributed by atoms with Gasteiger partial charge in [0, 0.05) is 17.6 Å². The molecule has 0 radical (unpaired) electrons. The van der Waals surface area contributed by atoms with Gasteiger partial charge in [0.2, 0.25) is 11.8 Å². The van der Waals surface area contributed by atoms with Crippen molar-refractivity contribution in [2.45, 2.75) is 76.4 Å². The van der Waals surface area contributed by atoms with E-state index in [0.29, 0.717) is 28.6 Å². The molecule has 1 N–H and O–H groups in total. The Morgan fingerprint density at radius 2 is 1.63 bits per heavy atom. The first kappa shape index (κ1) is 32.4. The molecule has 230 valence electrons. The van der Waals surface area contributed by atoms with Gasteiger partial charge >= 0.3 is 0 Å². The first-order chi connectivity index (χ1) is 20.6. The van der Waals surface area contributed by atoms with Gasteiger partial charge in [-0.3, -0.25) is 13.9 Å². The predicted molar refractivity (Wildman–Crippen MR) is 170 cm³/mol. The highest BCUT2D eigenvalue weighted by Gasteiger charge is 2.33. The number of aryl methyl sites for hydroxylation is 1. The second kappa shape index (κ2) is 14.8. The van der Waals surface area contributed by atoms with Crippen LogP contribution in [0.15, 0.2) is 77.7 Å². The number of nitrogens with one attached hydrogen (secondary N) is 1. The van der Waals surface area contributed by atoms with Gasteiger partial charge in [-0.05, 0) is 81.6 Å². The average Bonchev–Trinajstić information content (AvgIpc) is 3.00. The third-order valence-corrected chi connectivity index (χ3v) is 9.90. The lowest BCUT2D eigenvalue weighted by atomic mass is 9.95. The van der Waals surface area contributed by atoms with Crippen LogP contribution in [0, 0.1) is 6.92 Å². The van der Waals surface area contributed by atoms with E-state index in [1.54, 1.807) is 61.5 Å². The van der Waals surface area contributed by atoms with Crippen LogP contribution in [-0.4, -0.2) is 50.4 Å². The Hall–Kier alpha value is -3.56. The largest absolute Gasteiger partial charge is 0.494 e. The van der Waals surface area contributed by atoms with Crippen molar-refractivity contribution in [2.24, 2.45) is 0 Å². The van der Waals surface area contributed by atoms with E-state index >= 15 is 0 Å². The molecular weight excluding hydrogens is 586 g/mol. The summed E-state index contributed by atoms with van der Waals surface area (Å²) >= 11 is 6.46. The second-order valence-electron chi connectivity index (χ2n) is 10.9. The molecule has 0 aromatic heterocycles. The Morgan fingerprint density at radius 3 is 2.26 bits per heavy atom. The van der Waals surface area contributed by atoms with Crippen molar-refractivity contribution in [3.05, 3.63) is 88.9 Å². The smallest absolute Gasteiger partial charge is 0.264 e. The number of benzene rings is 3. The van der Waals surface area contributed by atoms with E-state index in [1.807, 2.05) is 19.9 Å². The lowest BCUT2D eigenvalue weighted by molar-refractivity contribution is -0.139. The van der Waals surface area contributed by atoms with Crippen LogP contribution in [0.3, 0.4) is 0 Å². The Labute approximate surface area is 260 Å². The summed E-state index contributed by atoms with van der Waals surface area (Å²) in [6, 6.07) is 19.4. The van der Waals surface area contributed by atoms with Crippen LogP contribution in [0.5, 0.6) is 5.75 Å². The zero-order chi connectivity index (χ0) is 31.0. The van der Waals surface area contributed by atoms with E-state index < -0.39 is 28.5 Å². The SMILES string of the molecule is CCOc1ccc(S(=O)(=O)N(CC(=O)N(Cc2ccccc2Cl)C(C)C(=O)NC2CCCCC2)c2ccc(C)cc2)cc1. The number of amides is 2. The summed E-state index contributed by atoms with van der Waals surface area (Å²) in [4.78, 5) is 29.0. The van der Waals surface area contributed by atoms with E-state index in [4.69, 9.17) is 16.3 Å². The van der Waals surface area contributed by atoms with Crippen molar-refractivity contribution in [3.63, 3.8) is 0 Å². The zero-order valence-electron chi connectivity index (χ0n) is 25.0. The molecule has 8 nitrogen and oxygen atoms in total. The van der Waals surface area contributed by atoms with Gasteiger partial charge in [-0.2, -0.15) is 0 Å². The highest BCUT2D eigenvalue weighted by Crippen LogP contribution is 2.27. The predicted octanol–water partition coefficient (Wildman–Crippen LogP) is 6.11. The third-order valence-electron chi connectivity index (χ3n) is 7.74. The average molecular weight is 626 g/mol. The van der Waals surface area contributed by atoms with E-state index in [1.165, 1.54) is 17.0 Å². The maximum absolute atomic E-state index is 14.1. The minimum atomic E-state index is -4.17. The van der Waals surface area contributed by atoms with Gasteiger partial charge in [0.05, 0.1) is 17.2 Å². The maximum Gasteiger partial charge on any atom is 0.264 e. The van der Waals surface area contributed by atoms with Crippen LogP contribution in [0.4, 0.5) is 5.69 Å². The maximum atomic E-state index is 14.1. The molecule has 0 spiro atoms. The number of rotatable bonds is 12. The van der Waals surface area contributed by atoms with Crippen LogP contribution in [-0.2, 0) is 26.2 Å². The number of anilines is 1. The zero-order valence-corrected chi connectivity index (χ0v) is 26.5. The molecule has 1 aliphatic rings. The summed E-state index contributed by atoms with van der Waals surface area (Å²) in [6.07, 6.45) is 5.06. The van der Waals surface area contributed by atoms with Gasteiger partial charge in [-0.1, -0.05) is 66.8 Å². The standard InChI is InChI=1S/C33H40ClN3O5S/c1-4-42-29-18-20-30(21-19-29)43(40,41)37(28-16-14-24(2)15-17-28)23-32(38)36(22-26-10-8-9-13-31(26)34)25(3)33(39)35-27-11-6-5-7-12-27/h8-10,13-21,25,27H,4-7,11-12,22-23H2,1-3H3,(H,35,39). The molecule has 1 aliphatic carbocycles. The molecule has 1 saturated carbocycles. The Bertz CT molecular complexity index is 1490. The number of hydrogen-bond acceptors (Lipinski definition) is 5. The molecule has 3 aromatic carbocycles. The van der Waals surface area contributed by atoms with Crippen LogP contribution >= 0.6 is 11.6 Å². The van der Waals surface area contributed by atoms with Gasteiger partial charge in [-0.15, -0.1) is 0 Å². The molecule has 1 atom stereocenters. The minimum absolute atomic E-state index is 0.0186. The fraction of sp³-hybridized carbons (Fsp3) is 0.394. The first-order valence-corrected chi connectivity index (χ1v) is 16.6. The van der Waals surface area contributed by atoms with Crippen molar-refractivity contribution in [2.75, 3.05) is 17.5 Å². The van der Waals surface area contributed by atoms with Gasteiger partial charge in [-0.25, -0.2) is 8.42 Å². The molecular formula is C33H40ClN3O5S. The fourth-order valence-corrected chi connectivity index (χ4v) is 6.81. The molecule has 43 heavy (non-hydrogen) atoms. The summed E-state index contributed by atoms with van der Waals surface area (Å²) in [6.45, 7) is 5.40. The molecule has 0 bridgehead atoms. The van der Waals surface area contributed by atoms with Gasteiger partial charge < -0.3 is 15.0 Å². The van der Waals surface area contributed by atoms with Crippen LogP contribution in [0.2, 0.25) is 5.02 Å². The van der Waals surface area contributed by atoms with E-state index in [2.05, 4.69) is 5.32 Å². The molecule has 4 rings (SSSR count). The minimum Gasteiger partial charge on any atom is -0.494 e. The topological polar surface area (TPSA) is 96.0 Å². The number of hydrogen-bond donors (Lipinski definition) is 1. The van der Waals surface area contributed by atoms with Crippen molar-refractivity contribution in [3.8, 4) is 5.75 Å². The van der Waals surface area contributed by atoms with Crippen molar-refractivity contribution in [1.82, 2.24) is 10.2 Å². The van der Waals surface area contributed by atoms with Crippen molar-refractivity contribution in [1.29, 1.82) is 0 Å². The van der Waals surface area contributed by atoms with Gasteiger partial charge in [0.25, 0.3) is 10.0 Å². The number of sulfonamides is 1. The quantitative estimate of drug-likeness (QED) is 0.262. The van der Waals surface area contributed by atoms with E-state index in [9.17, 15) is 18.0 Å². The summed E-state index contributed by atoms with van der Waals surface area (Å²) in [5.74, 6) is -0.256. The number of carbonyl (C=O) groups is 2. The fourth-order valence-electron chi connectivity index (χ4n) is 5.20. The number of carbonyl (C=O) groups excluding carboxylic acids is 2. The molecule has 10 heteroatoms. The van der Waals surface area contributed by atoms with E-state index in [0.717, 1.165) is 42.0 Å².